The van der Waals surface area contributed by atoms with Gasteiger partial charge in [-0.15, -0.1) is 11.3 Å². The van der Waals surface area contributed by atoms with Crippen molar-refractivity contribution in [2.24, 2.45) is 0 Å². The molecular weight excluding hydrogens is 358 g/mol. The molecule has 1 aromatic heterocycles. The van der Waals surface area contributed by atoms with Gasteiger partial charge in [0.15, 0.2) is 9.84 Å². The maximum atomic E-state index is 12.1. The van der Waals surface area contributed by atoms with E-state index in [-0.39, 0.29) is 17.4 Å². The largest absolute Gasteiger partial charge is 0.352 e. The molecule has 1 N–H and O–H groups in total. The molecule has 1 aliphatic rings. The van der Waals surface area contributed by atoms with Crippen molar-refractivity contribution in [1.82, 2.24) is 15.2 Å². The van der Waals surface area contributed by atoms with E-state index < -0.39 is 9.84 Å². The van der Waals surface area contributed by atoms with E-state index in [0.29, 0.717) is 31.7 Å². The third-order valence-electron chi connectivity index (χ3n) is 4.17. The third-order valence-corrected chi connectivity index (χ3v) is 6.62. The number of aromatic nitrogens is 1. The van der Waals surface area contributed by atoms with E-state index >= 15 is 0 Å². The van der Waals surface area contributed by atoms with Crippen LogP contribution in [0.2, 0.25) is 0 Å². The van der Waals surface area contributed by atoms with Gasteiger partial charge in [-0.2, -0.15) is 0 Å². The number of carbonyl (C=O) groups is 1. The minimum absolute atomic E-state index is 0.0906. The number of sulfone groups is 1. The zero-order valence-corrected chi connectivity index (χ0v) is 15.5. The average Bonchev–Trinajstić information content (AvgIpc) is 3.11. The van der Waals surface area contributed by atoms with Gasteiger partial charge in [0.1, 0.15) is 0 Å². The van der Waals surface area contributed by atoms with Crippen molar-refractivity contribution in [3.8, 4) is 0 Å². The Morgan fingerprint density at radius 3 is 2.56 bits per heavy atom. The topological polar surface area (TPSA) is 79.4 Å². The summed E-state index contributed by atoms with van der Waals surface area (Å²) in [4.78, 5) is 18.5. The molecule has 0 radical (unpaired) electrons. The molecule has 0 aliphatic carbocycles. The molecule has 0 atom stereocenters. The van der Waals surface area contributed by atoms with E-state index in [0.717, 1.165) is 17.0 Å². The highest BCUT2D eigenvalue weighted by Crippen LogP contribution is 2.11. The first-order chi connectivity index (χ1) is 12.0. The first-order valence-electron chi connectivity index (χ1n) is 8.20. The molecule has 0 spiro atoms. The molecule has 6 nitrogen and oxygen atoms in total. The van der Waals surface area contributed by atoms with Crippen LogP contribution in [0.15, 0.2) is 35.8 Å². The average molecular weight is 380 g/mol. The fourth-order valence-corrected chi connectivity index (χ4v) is 4.59. The predicted molar refractivity (Wildman–Crippen MR) is 98.5 cm³/mol. The van der Waals surface area contributed by atoms with Gasteiger partial charge in [-0.1, -0.05) is 12.1 Å². The molecule has 0 saturated carbocycles. The van der Waals surface area contributed by atoms with Crippen molar-refractivity contribution in [2.45, 2.75) is 13.0 Å². The number of hydrogen-bond donors (Lipinski definition) is 1. The Kier molecular flexibility index (Phi) is 5.82. The smallest absolute Gasteiger partial charge is 0.251 e. The van der Waals surface area contributed by atoms with Crippen LogP contribution in [-0.2, 0) is 22.8 Å². The van der Waals surface area contributed by atoms with Crippen LogP contribution in [0.1, 0.15) is 20.9 Å². The zero-order chi connectivity index (χ0) is 17.7. The Balaban J connectivity index is 1.47. The minimum Gasteiger partial charge on any atom is -0.352 e. The van der Waals surface area contributed by atoms with E-state index in [2.05, 4.69) is 15.2 Å². The molecule has 2 aromatic rings. The van der Waals surface area contributed by atoms with Crippen LogP contribution < -0.4 is 5.32 Å². The summed E-state index contributed by atoms with van der Waals surface area (Å²) in [5, 5.41) is 5.84. The van der Waals surface area contributed by atoms with E-state index in [9.17, 15) is 13.2 Å². The summed E-state index contributed by atoms with van der Waals surface area (Å²) in [6, 6.07) is 7.49. The first kappa shape index (κ1) is 18.0. The Morgan fingerprint density at radius 1 is 1.20 bits per heavy atom. The highest BCUT2D eigenvalue weighted by atomic mass is 32.2. The molecule has 1 amide bonds. The van der Waals surface area contributed by atoms with Crippen molar-refractivity contribution in [2.75, 3.05) is 31.1 Å². The van der Waals surface area contributed by atoms with Gasteiger partial charge < -0.3 is 5.32 Å². The second-order valence-corrected chi connectivity index (χ2v) is 9.34. The van der Waals surface area contributed by atoms with Gasteiger partial charge in [-0.25, -0.2) is 13.4 Å². The molecular formula is C17H21N3O3S2. The second kappa shape index (κ2) is 8.07. The van der Waals surface area contributed by atoms with Gasteiger partial charge in [-0.3, -0.25) is 9.69 Å². The number of benzene rings is 1. The molecule has 1 saturated heterocycles. The maximum absolute atomic E-state index is 12.1. The van der Waals surface area contributed by atoms with Crippen molar-refractivity contribution in [3.63, 3.8) is 0 Å². The fourth-order valence-electron chi connectivity index (χ4n) is 2.69. The third kappa shape index (κ3) is 5.35. The molecule has 25 heavy (non-hydrogen) atoms. The Labute approximate surface area is 151 Å². The lowest BCUT2D eigenvalue weighted by atomic mass is 10.1. The first-order valence-corrected chi connectivity index (χ1v) is 10.9. The van der Waals surface area contributed by atoms with Crippen LogP contribution in [0.3, 0.4) is 0 Å². The van der Waals surface area contributed by atoms with Gasteiger partial charge in [-0.05, 0) is 17.7 Å². The Morgan fingerprint density at radius 2 is 1.92 bits per heavy atom. The molecule has 1 fully saturated rings. The number of carbonyl (C=O) groups excluding carboxylic acids is 1. The lowest BCUT2D eigenvalue weighted by Gasteiger charge is -2.26. The summed E-state index contributed by atoms with van der Waals surface area (Å²) in [6.07, 6.45) is 2.50. The van der Waals surface area contributed by atoms with Crippen LogP contribution in [0.4, 0.5) is 0 Å². The normalized spacial score (nSPS) is 17.3. The Bertz CT molecular complexity index is 788. The van der Waals surface area contributed by atoms with Gasteiger partial charge in [0, 0.05) is 49.7 Å². The predicted octanol–water partition coefficient (Wildman–Crippen LogP) is 1.35. The summed E-state index contributed by atoms with van der Waals surface area (Å²) in [5.74, 6) is 0.367. The number of amides is 1. The number of thiazole rings is 1. The number of hydrogen-bond acceptors (Lipinski definition) is 6. The van der Waals surface area contributed by atoms with Crippen LogP contribution in [0, 0.1) is 0 Å². The molecule has 0 bridgehead atoms. The zero-order valence-electron chi connectivity index (χ0n) is 13.8. The molecule has 134 valence electrons. The summed E-state index contributed by atoms with van der Waals surface area (Å²) in [5.41, 5.74) is 1.71. The second-order valence-electron chi connectivity index (χ2n) is 6.06. The van der Waals surface area contributed by atoms with Crippen molar-refractivity contribution < 1.29 is 13.2 Å². The van der Waals surface area contributed by atoms with Gasteiger partial charge in [0.25, 0.3) is 5.91 Å². The minimum atomic E-state index is -2.85. The quantitative estimate of drug-likeness (QED) is 0.820. The van der Waals surface area contributed by atoms with Gasteiger partial charge >= 0.3 is 0 Å². The number of rotatable bonds is 6. The molecule has 1 aromatic carbocycles. The van der Waals surface area contributed by atoms with E-state index in [4.69, 9.17) is 0 Å². The maximum Gasteiger partial charge on any atom is 0.251 e. The van der Waals surface area contributed by atoms with Crippen molar-refractivity contribution in [3.05, 3.63) is 52.0 Å². The molecule has 8 heteroatoms. The summed E-state index contributed by atoms with van der Waals surface area (Å²) in [6.45, 7) is 2.42. The van der Waals surface area contributed by atoms with Crippen LogP contribution in [0.25, 0.3) is 0 Å². The number of nitrogens with one attached hydrogen (secondary N) is 1. The van der Waals surface area contributed by atoms with Crippen molar-refractivity contribution >= 4 is 27.1 Å². The Hall–Kier alpha value is -1.77. The van der Waals surface area contributed by atoms with E-state index in [1.807, 2.05) is 29.6 Å². The lowest BCUT2D eigenvalue weighted by molar-refractivity contribution is 0.0954. The summed E-state index contributed by atoms with van der Waals surface area (Å²) >= 11 is 1.58. The molecule has 2 heterocycles. The van der Waals surface area contributed by atoms with Gasteiger partial charge in [0.05, 0.1) is 16.5 Å². The standard InChI is InChI=1S/C17H21N3O3S2/c21-17(19-6-5-16-18-7-10-24-16)15-3-1-14(2-4-15)13-20-8-11-25(22,23)12-9-20/h1-4,7,10H,5-6,8-9,11-13H2,(H,19,21). The van der Waals surface area contributed by atoms with E-state index in [1.165, 1.54) is 0 Å². The fraction of sp³-hybridized carbons (Fsp3) is 0.412. The van der Waals surface area contributed by atoms with Crippen molar-refractivity contribution in [1.29, 1.82) is 0 Å². The monoisotopic (exact) mass is 379 g/mol. The molecule has 3 rings (SSSR count). The SMILES string of the molecule is O=C(NCCc1nccs1)c1ccc(CN2CCS(=O)(=O)CC2)cc1. The van der Waals surface area contributed by atoms with E-state index in [1.54, 1.807) is 17.5 Å². The highest BCUT2D eigenvalue weighted by Gasteiger charge is 2.21. The summed E-state index contributed by atoms with van der Waals surface area (Å²) < 4.78 is 22.9. The van der Waals surface area contributed by atoms with Crippen LogP contribution in [-0.4, -0.2) is 55.3 Å². The molecule has 1 aliphatic heterocycles. The van der Waals surface area contributed by atoms with Crippen LogP contribution >= 0.6 is 11.3 Å². The molecule has 0 unspecified atom stereocenters. The van der Waals surface area contributed by atoms with Gasteiger partial charge in [0.2, 0.25) is 0 Å². The summed E-state index contributed by atoms with van der Waals surface area (Å²) in [7, 11) is -2.85. The number of nitrogens with zero attached hydrogens (tertiary/aromatic N) is 2. The highest BCUT2D eigenvalue weighted by molar-refractivity contribution is 7.91. The van der Waals surface area contributed by atoms with Crippen LogP contribution in [0.5, 0.6) is 0 Å². The lowest BCUT2D eigenvalue weighted by Crippen LogP contribution is -2.39.